The maximum Gasteiger partial charge on any atom is 0.416 e. The number of hydrogen-bond donors (Lipinski definition) is 2. The first-order valence-electron chi connectivity index (χ1n) is 14.3. The Labute approximate surface area is 252 Å². The average Bonchev–Trinajstić information content (AvgIpc) is 3.49. The van der Waals surface area contributed by atoms with Crippen LogP contribution in [0.15, 0.2) is 79.0 Å². The van der Waals surface area contributed by atoms with Gasteiger partial charge in [-0.3, -0.25) is 9.69 Å². The number of aryl methyl sites for hydroxylation is 1. The number of nitrogens with one attached hydrogen (secondary N) is 2. The molecule has 1 aliphatic heterocycles. The number of nitrogens with zero attached hydrogens (tertiary/aromatic N) is 4. The van der Waals surface area contributed by atoms with Crippen molar-refractivity contribution in [2.75, 3.05) is 38.5 Å². The number of fused-ring (bicyclic) bond motifs is 1. The number of aromatic amines is 1. The van der Waals surface area contributed by atoms with Crippen LogP contribution < -0.4 is 10.1 Å². The predicted octanol–water partition coefficient (Wildman–Crippen LogP) is 6.74. The number of carbonyl (C=O) groups is 1. The molecule has 1 fully saturated rings. The Bertz CT molecular complexity index is 1800. The molecule has 0 aliphatic carbocycles. The van der Waals surface area contributed by atoms with Gasteiger partial charge in [0, 0.05) is 61.8 Å². The molecule has 5 aromatic rings. The van der Waals surface area contributed by atoms with Gasteiger partial charge in [-0.25, -0.2) is 4.98 Å². The number of H-pyrrole nitrogens is 1. The van der Waals surface area contributed by atoms with E-state index in [2.05, 4.69) is 25.2 Å². The number of aromatic nitrogens is 3. The van der Waals surface area contributed by atoms with Crippen LogP contribution in [0.3, 0.4) is 0 Å². The summed E-state index contributed by atoms with van der Waals surface area (Å²) in [7, 11) is 1.99. The standard InChI is InChI=1S/C33H31F3N6O2/c1-21-8-11-25(44-32-29-27(12-13-37-29)38-30(40-32)22-6-4-3-5-7-22)19-28(21)39-31(43)23-9-10-24(26(18-23)33(34,35)36)20-42-16-14-41(2)15-17-42/h3-13,18-19,37H,14-17,20H2,1-2H3,(H,39,43). The molecule has 0 saturated carbocycles. The van der Waals surface area contributed by atoms with Crippen LogP contribution >= 0.6 is 0 Å². The Balaban J connectivity index is 1.24. The summed E-state index contributed by atoms with van der Waals surface area (Å²) in [5.74, 6) is 0.524. The summed E-state index contributed by atoms with van der Waals surface area (Å²) < 4.78 is 48.4. The van der Waals surface area contributed by atoms with Crippen LogP contribution in [0, 0.1) is 6.92 Å². The first-order chi connectivity index (χ1) is 21.1. The van der Waals surface area contributed by atoms with Gasteiger partial charge in [0.2, 0.25) is 5.88 Å². The molecule has 0 bridgehead atoms. The van der Waals surface area contributed by atoms with Crippen LogP contribution in [-0.4, -0.2) is 63.9 Å². The van der Waals surface area contributed by atoms with Crippen LogP contribution in [0.25, 0.3) is 22.4 Å². The molecule has 0 atom stereocenters. The van der Waals surface area contributed by atoms with Gasteiger partial charge in [0.15, 0.2) is 5.82 Å². The number of carbonyl (C=O) groups excluding carboxylic acids is 1. The average molecular weight is 601 g/mol. The van der Waals surface area contributed by atoms with E-state index in [1.54, 1.807) is 31.3 Å². The minimum atomic E-state index is -4.60. The van der Waals surface area contributed by atoms with Crippen molar-refractivity contribution < 1.29 is 22.7 Å². The van der Waals surface area contributed by atoms with Gasteiger partial charge >= 0.3 is 6.18 Å². The number of rotatable bonds is 7. The number of likely N-dealkylation sites (N-methyl/N-ethyl adjacent to an activating group) is 1. The van der Waals surface area contributed by atoms with E-state index in [0.717, 1.165) is 24.7 Å². The zero-order valence-electron chi connectivity index (χ0n) is 24.3. The second kappa shape index (κ2) is 12.1. The lowest BCUT2D eigenvalue weighted by Gasteiger charge is -2.33. The molecule has 3 aromatic carbocycles. The van der Waals surface area contributed by atoms with Crippen LogP contribution in [0.1, 0.15) is 27.0 Å². The molecule has 8 nitrogen and oxygen atoms in total. The molecule has 3 heterocycles. The van der Waals surface area contributed by atoms with Crippen molar-refractivity contribution in [1.29, 1.82) is 0 Å². The number of hydrogen-bond acceptors (Lipinski definition) is 6. The fourth-order valence-corrected chi connectivity index (χ4v) is 5.18. The lowest BCUT2D eigenvalue weighted by atomic mass is 10.0. The highest BCUT2D eigenvalue weighted by Gasteiger charge is 2.34. The predicted molar refractivity (Wildman–Crippen MR) is 163 cm³/mol. The molecular formula is C33H31F3N6O2. The first kappa shape index (κ1) is 29.3. The summed E-state index contributed by atoms with van der Waals surface area (Å²) in [6.45, 7) is 4.93. The molecule has 0 spiro atoms. The third kappa shape index (κ3) is 6.43. The fraction of sp³-hybridized carbons (Fsp3) is 0.242. The van der Waals surface area contributed by atoms with Gasteiger partial charge in [-0.1, -0.05) is 42.5 Å². The molecule has 6 rings (SSSR count). The maximum absolute atomic E-state index is 14.1. The monoisotopic (exact) mass is 600 g/mol. The Kier molecular flexibility index (Phi) is 8.07. The molecule has 1 amide bonds. The molecule has 1 saturated heterocycles. The molecule has 0 radical (unpaired) electrons. The lowest BCUT2D eigenvalue weighted by Crippen LogP contribution is -2.44. The van der Waals surface area contributed by atoms with Crippen molar-refractivity contribution in [2.45, 2.75) is 19.6 Å². The van der Waals surface area contributed by atoms with Crippen LogP contribution in [-0.2, 0) is 12.7 Å². The van der Waals surface area contributed by atoms with Gasteiger partial charge in [-0.2, -0.15) is 18.2 Å². The van der Waals surface area contributed by atoms with E-state index in [-0.39, 0.29) is 17.7 Å². The van der Waals surface area contributed by atoms with Gasteiger partial charge in [0.25, 0.3) is 5.91 Å². The van der Waals surface area contributed by atoms with Crippen molar-refractivity contribution in [2.24, 2.45) is 0 Å². The highest BCUT2D eigenvalue weighted by Crippen LogP contribution is 2.35. The van der Waals surface area contributed by atoms with Crippen LogP contribution in [0.4, 0.5) is 18.9 Å². The van der Waals surface area contributed by atoms with E-state index in [1.807, 2.05) is 48.3 Å². The number of piperazine rings is 1. The number of halogens is 3. The van der Waals surface area contributed by atoms with Crippen molar-refractivity contribution in [3.63, 3.8) is 0 Å². The molecule has 44 heavy (non-hydrogen) atoms. The number of amides is 1. The topological polar surface area (TPSA) is 86.4 Å². The van der Waals surface area contributed by atoms with E-state index in [9.17, 15) is 18.0 Å². The molecule has 0 unspecified atom stereocenters. The quantitative estimate of drug-likeness (QED) is 0.215. The lowest BCUT2D eigenvalue weighted by molar-refractivity contribution is -0.138. The minimum Gasteiger partial charge on any atom is -0.437 e. The second-order valence-corrected chi connectivity index (χ2v) is 10.9. The van der Waals surface area contributed by atoms with Crippen LogP contribution in [0.2, 0.25) is 0 Å². The van der Waals surface area contributed by atoms with Gasteiger partial charge in [0.1, 0.15) is 11.3 Å². The largest absolute Gasteiger partial charge is 0.437 e. The Hall–Kier alpha value is -4.74. The summed E-state index contributed by atoms with van der Waals surface area (Å²) in [5, 5.41) is 2.76. The zero-order chi connectivity index (χ0) is 30.8. The molecule has 11 heteroatoms. The third-order valence-corrected chi connectivity index (χ3v) is 7.74. The highest BCUT2D eigenvalue weighted by atomic mass is 19.4. The fourth-order valence-electron chi connectivity index (χ4n) is 5.18. The summed E-state index contributed by atoms with van der Waals surface area (Å²) in [6.07, 6.45) is -2.85. The van der Waals surface area contributed by atoms with E-state index in [0.29, 0.717) is 52.8 Å². The van der Waals surface area contributed by atoms with Gasteiger partial charge < -0.3 is 19.9 Å². The third-order valence-electron chi connectivity index (χ3n) is 7.74. The van der Waals surface area contributed by atoms with Gasteiger partial charge in [-0.05, 0) is 49.4 Å². The van der Waals surface area contributed by atoms with E-state index >= 15 is 0 Å². The van der Waals surface area contributed by atoms with Crippen molar-refractivity contribution >= 4 is 22.6 Å². The zero-order valence-corrected chi connectivity index (χ0v) is 24.3. The number of ether oxygens (including phenoxy) is 1. The summed E-state index contributed by atoms with van der Waals surface area (Å²) in [4.78, 5) is 29.7. The number of benzene rings is 3. The Morgan fingerprint density at radius 1 is 0.977 bits per heavy atom. The molecule has 2 aromatic heterocycles. The summed E-state index contributed by atoms with van der Waals surface area (Å²) in [5.41, 5.74) is 2.49. The molecule has 2 N–H and O–H groups in total. The summed E-state index contributed by atoms with van der Waals surface area (Å²) in [6, 6.07) is 20.2. The second-order valence-electron chi connectivity index (χ2n) is 10.9. The van der Waals surface area contributed by atoms with Gasteiger partial charge in [-0.15, -0.1) is 0 Å². The van der Waals surface area contributed by atoms with Crippen LogP contribution in [0.5, 0.6) is 11.6 Å². The molecule has 1 aliphatic rings. The van der Waals surface area contributed by atoms with E-state index in [4.69, 9.17) is 4.74 Å². The van der Waals surface area contributed by atoms with Crippen molar-refractivity contribution in [3.05, 3.63) is 101 Å². The highest BCUT2D eigenvalue weighted by molar-refractivity contribution is 6.05. The van der Waals surface area contributed by atoms with E-state index < -0.39 is 17.6 Å². The molecule has 226 valence electrons. The first-order valence-corrected chi connectivity index (χ1v) is 14.3. The number of alkyl halides is 3. The number of anilines is 1. The minimum absolute atomic E-state index is 0.0819. The van der Waals surface area contributed by atoms with Gasteiger partial charge in [0.05, 0.1) is 11.1 Å². The maximum atomic E-state index is 14.1. The van der Waals surface area contributed by atoms with E-state index in [1.165, 1.54) is 12.1 Å². The normalized spacial score (nSPS) is 14.6. The smallest absolute Gasteiger partial charge is 0.416 e. The van der Waals surface area contributed by atoms with Crippen molar-refractivity contribution in [1.82, 2.24) is 24.8 Å². The van der Waals surface area contributed by atoms with Crippen molar-refractivity contribution in [3.8, 4) is 23.0 Å². The Morgan fingerprint density at radius 2 is 1.75 bits per heavy atom. The SMILES string of the molecule is Cc1ccc(Oc2nc(-c3ccccc3)nc3cc[nH]c23)cc1NC(=O)c1ccc(CN2CCN(C)CC2)c(C(F)(F)F)c1. The molecular weight excluding hydrogens is 569 g/mol. The summed E-state index contributed by atoms with van der Waals surface area (Å²) >= 11 is 0. The Morgan fingerprint density at radius 3 is 2.50 bits per heavy atom.